The van der Waals surface area contributed by atoms with E-state index in [1.807, 2.05) is 6.92 Å². The molecular formula is C11H20N2. The third-order valence-electron chi connectivity index (χ3n) is 2.79. The lowest BCUT2D eigenvalue weighted by molar-refractivity contribution is 0.0403. The normalized spacial score (nSPS) is 32.5. The number of hydrazine groups is 1. The molecule has 1 rings (SSSR count). The standard InChI is InChI=1S/C11H20N2/c1-5-9(2)12-13-10(3)7-6-8-11(13)4/h1,9-12H,6-8H2,2-4H3. The van der Waals surface area contributed by atoms with Crippen molar-refractivity contribution in [2.45, 2.75) is 58.2 Å². The van der Waals surface area contributed by atoms with Gasteiger partial charge in [-0.05, 0) is 33.6 Å². The monoisotopic (exact) mass is 180 g/mol. The maximum Gasteiger partial charge on any atom is 0.0791 e. The summed E-state index contributed by atoms with van der Waals surface area (Å²) in [6.07, 6.45) is 9.22. The van der Waals surface area contributed by atoms with Crippen molar-refractivity contribution in [1.82, 2.24) is 10.4 Å². The summed E-state index contributed by atoms with van der Waals surface area (Å²) in [5.41, 5.74) is 3.37. The maximum absolute atomic E-state index is 5.34. The molecule has 0 amide bonds. The maximum atomic E-state index is 5.34. The van der Waals surface area contributed by atoms with Gasteiger partial charge >= 0.3 is 0 Å². The van der Waals surface area contributed by atoms with E-state index in [2.05, 4.69) is 30.2 Å². The summed E-state index contributed by atoms with van der Waals surface area (Å²) >= 11 is 0. The molecule has 1 heterocycles. The van der Waals surface area contributed by atoms with Gasteiger partial charge in [0.05, 0.1) is 6.04 Å². The fraction of sp³-hybridized carbons (Fsp3) is 0.818. The van der Waals surface area contributed by atoms with Crippen LogP contribution in [0.15, 0.2) is 0 Å². The summed E-state index contributed by atoms with van der Waals surface area (Å²) in [5, 5.41) is 2.31. The zero-order chi connectivity index (χ0) is 9.84. The van der Waals surface area contributed by atoms with Crippen LogP contribution in [0.3, 0.4) is 0 Å². The van der Waals surface area contributed by atoms with Gasteiger partial charge in [0, 0.05) is 12.1 Å². The first-order valence-electron chi connectivity index (χ1n) is 5.15. The highest BCUT2D eigenvalue weighted by Gasteiger charge is 2.24. The van der Waals surface area contributed by atoms with Gasteiger partial charge in [-0.1, -0.05) is 12.3 Å². The number of hydrogen-bond donors (Lipinski definition) is 1. The number of nitrogens with one attached hydrogen (secondary N) is 1. The van der Waals surface area contributed by atoms with Gasteiger partial charge in [-0.2, -0.15) is 0 Å². The van der Waals surface area contributed by atoms with Crippen LogP contribution in [-0.2, 0) is 0 Å². The topological polar surface area (TPSA) is 15.3 Å². The van der Waals surface area contributed by atoms with Crippen LogP contribution in [0.5, 0.6) is 0 Å². The second kappa shape index (κ2) is 4.64. The van der Waals surface area contributed by atoms with E-state index in [4.69, 9.17) is 6.42 Å². The molecule has 3 atom stereocenters. The van der Waals surface area contributed by atoms with E-state index in [1.165, 1.54) is 19.3 Å². The predicted octanol–water partition coefficient (Wildman–Crippen LogP) is 1.78. The Hall–Kier alpha value is -0.520. The lowest BCUT2D eigenvalue weighted by Gasteiger charge is -2.40. The van der Waals surface area contributed by atoms with Crippen molar-refractivity contribution in [1.29, 1.82) is 0 Å². The molecule has 2 nitrogen and oxygen atoms in total. The first-order chi connectivity index (χ1) is 6.15. The molecule has 1 N–H and O–H groups in total. The zero-order valence-corrected chi connectivity index (χ0v) is 8.88. The molecule has 13 heavy (non-hydrogen) atoms. The lowest BCUT2D eigenvalue weighted by Crippen LogP contribution is -2.54. The molecule has 0 aromatic rings. The van der Waals surface area contributed by atoms with Crippen molar-refractivity contribution >= 4 is 0 Å². The number of terminal acetylenes is 1. The molecule has 1 aliphatic heterocycles. The Morgan fingerprint density at radius 3 is 2.38 bits per heavy atom. The van der Waals surface area contributed by atoms with Crippen molar-refractivity contribution in [2.24, 2.45) is 0 Å². The van der Waals surface area contributed by atoms with Gasteiger partial charge in [0.15, 0.2) is 0 Å². The fourth-order valence-corrected chi connectivity index (χ4v) is 1.94. The van der Waals surface area contributed by atoms with Gasteiger partial charge in [0.1, 0.15) is 0 Å². The minimum Gasteiger partial charge on any atom is -0.240 e. The molecule has 1 saturated heterocycles. The molecule has 0 aromatic carbocycles. The third-order valence-corrected chi connectivity index (χ3v) is 2.79. The number of rotatable bonds is 2. The second-order valence-electron chi connectivity index (χ2n) is 4.05. The van der Waals surface area contributed by atoms with Gasteiger partial charge in [-0.3, -0.25) is 0 Å². The van der Waals surface area contributed by atoms with Crippen LogP contribution in [-0.4, -0.2) is 23.1 Å². The molecule has 74 valence electrons. The molecular weight excluding hydrogens is 160 g/mol. The molecule has 3 unspecified atom stereocenters. The largest absolute Gasteiger partial charge is 0.240 e. The summed E-state index contributed by atoms with van der Waals surface area (Å²) < 4.78 is 0. The Labute approximate surface area is 81.7 Å². The van der Waals surface area contributed by atoms with Crippen LogP contribution in [0.1, 0.15) is 40.0 Å². The molecule has 0 aliphatic carbocycles. The van der Waals surface area contributed by atoms with Crippen molar-refractivity contribution in [3.63, 3.8) is 0 Å². The Morgan fingerprint density at radius 2 is 1.92 bits per heavy atom. The van der Waals surface area contributed by atoms with E-state index in [0.717, 1.165) is 0 Å². The molecule has 1 aliphatic rings. The highest BCUT2D eigenvalue weighted by atomic mass is 15.5. The number of nitrogens with zero attached hydrogens (tertiary/aromatic N) is 1. The molecule has 0 bridgehead atoms. The molecule has 0 aromatic heterocycles. The van der Waals surface area contributed by atoms with Crippen molar-refractivity contribution in [3.8, 4) is 12.3 Å². The van der Waals surface area contributed by atoms with Crippen LogP contribution in [0.25, 0.3) is 0 Å². The Bertz CT molecular complexity index is 185. The average molecular weight is 180 g/mol. The Kier molecular flexibility index (Phi) is 3.77. The van der Waals surface area contributed by atoms with Crippen LogP contribution >= 0.6 is 0 Å². The molecule has 0 radical (unpaired) electrons. The first-order valence-corrected chi connectivity index (χ1v) is 5.15. The summed E-state index contributed by atoms with van der Waals surface area (Å²) in [6.45, 7) is 6.53. The van der Waals surface area contributed by atoms with Gasteiger partial charge in [0.2, 0.25) is 0 Å². The van der Waals surface area contributed by atoms with E-state index < -0.39 is 0 Å². The SMILES string of the molecule is C#CC(C)NN1C(C)CCCC1C. The van der Waals surface area contributed by atoms with Gasteiger partial charge in [-0.15, -0.1) is 6.42 Å². The summed E-state index contributed by atoms with van der Waals surface area (Å²) in [4.78, 5) is 0. The van der Waals surface area contributed by atoms with Crippen LogP contribution < -0.4 is 5.43 Å². The van der Waals surface area contributed by atoms with Crippen LogP contribution in [0, 0.1) is 12.3 Å². The van der Waals surface area contributed by atoms with E-state index >= 15 is 0 Å². The van der Waals surface area contributed by atoms with Crippen molar-refractivity contribution in [3.05, 3.63) is 0 Å². The van der Waals surface area contributed by atoms with E-state index in [9.17, 15) is 0 Å². The van der Waals surface area contributed by atoms with E-state index in [0.29, 0.717) is 12.1 Å². The number of hydrogen-bond acceptors (Lipinski definition) is 2. The lowest BCUT2D eigenvalue weighted by atomic mass is 10.00. The summed E-state index contributed by atoms with van der Waals surface area (Å²) in [6, 6.07) is 1.36. The Morgan fingerprint density at radius 1 is 1.38 bits per heavy atom. The first kappa shape index (κ1) is 10.6. The summed E-state index contributed by atoms with van der Waals surface area (Å²) in [5.74, 6) is 2.70. The van der Waals surface area contributed by atoms with Crippen LogP contribution in [0.4, 0.5) is 0 Å². The van der Waals surface area contributed by atoms with E-state index in [1.54, 1.807) is 0 Å². The van der Waals surface area contributed by atoms with Gasteiger partial charge < -0.3 is 0 Å². The molecule has 1 fully saturated rings. The van der Waals surface area contributed by atoms with Gasteiger partial charge in [-0.25, -0.2) is 10.4 Å². The fourth-order valence-electron chi connectivity index (χ4n) is 1.94. The van der Waals surface area contributed by atoms with Crippen LogP contribution in [0.2, 0.25) is 0 Å². The highest BCUT2D eigenvalue weighted by Crippen LogP contribution is 2.20. The Balaban J connectivity index is 2.49. The highest BCUT2D eigenvalue weighted by molar-refractivity contribution is 4.96. The van der Waals surface area contributed by atoms with Crippen molar-refractivity contribution < 1.29 is 0 Å². The second-order valence-corrected chi connectivity index (χ2v) is 4.05. The average Bonchev–Trinajstić information content (AvgIpc) is 2.11. The smallest absolute Gasteiger partial charge is 0.0791 e. The van der Waals surface area contributed by atoms with Gasteiger partial charge in [0.25, 0.3) is 0 Å². The minimum atomic E-state index is 0.142. The quantitative estimate of drug-likeness (QED) is 0.652. The summed E-state index contributed by atoms with van der Waals surface area (Å²) in [7, 11) is 0. The third kappa shape index (κ3) is 2.72. The van der Waals surface area contributed by atoms with Crippen molar-refractivity contribution in [2.75, 3.05) is 0 Å². The molecule has 2 heteroatoms. The number of piperidine rings is 1. The molecule has 0 spiro atoms. The predicted molar refractivity (Wildman–Crippen MR) is 56.0 cm³/mol. The molecule has 0 saturated carbocycles. The van der Waals surface area contributed by atoms with E-state index in [-0.39, 0.29) is 6.04 Å². The minimum absolute atomic E-state index is 0.142. The zero-order valence-electron chi connectivity index (χ0n) is 8.88.